The van der Waals surface area contributed by atoms with Crippen molar-refractivity contribution < 1.29 is 19.0 Å². The summed E-state index contributed by atoms with van der Waals surface area (Å²) in [6.45, 7) is 0.399. The number of carbonyl (C=O) groups excluding carboxylic acids is 1. The number of benzene rings is 2. The Kier molecular flexibility index (Phi) is 4.20. The van der Waals surface area contributed by atoms with Gasteiger partial charge < -0.3 is 14.2 Å². The van der Waals surface area contributed by atoms with E-state index in [1.807, 2.05) is 24.3 Å². The first-order chi connectivity index (χ1) is 10.7. The highest BCUT2D eigenvalue weighted by Crippen LogP contribution is 2.24. The van der Waals surface area contributed by atoms with Gasteiger partial charge in [0, 0.05) is 0 Å². The van der Waals surface area contributed by atoms with Crippen molar-refractivity contribution in [1.82, 2.24) is 4.98 Å². The van der Waals surface area contributed by atoms with Crippen LogP contribution in [0, 0.1) is 0 Å². The highest BCUT2D eigenvalue weighted by molar-refractivity contribution is 7.18. The third kappa shape index (κ3) is 3.35. The molecular formula is C16H13NO4S. The van der Waals surface area contributed by atoms with Crippen molar-refractivity contribution in [2.24, 2.45) is 0 Å². The van der Waals surface area contributed by atoms with Gasteiger partial charge in [0.15, 0.2) is 0 Å². The molecule has 2 aromatic carbocycles. The minimum atomic E-state index is -0.747. The van der Waals surface area contributed by atoms with E-state index < -0.39 is 6.16 Å². The van der Waals surface area contributed by atoms with Crippen molar-refractivity contribution in [3.05, 3.63) is 53.5 Å². The van der Waals surface area contributed by atoms with Crippen LogP contribution >= 0.6 is 11.3 Å². The van der Waals surface area contributed by atoms with Crippen LogP contribution in [-0.4, -0.2) is 18.2 Å². The van der Waals surface area contributed by atoms with E-state index in [2.05, 4.69) is 9.72 Å². The first-order valence-corrected chi connectivity index (χ1v) is 7.39. The van der Waals surface area contributed by atoms with Crippen molar-refractivity contribution >= 4 is 27.7 Å². The lowest BCUT2D eigenvalue weighted by molar-refractivity contribution is 0.121. The normalized spacial score (nSPS) is 10.4. The number of aromatic nitrogens is 1. The molecule has 6 heteroatoms. The van der Waals surface area contributed by atoms with E-state index in [9.17, 15) is 4.79 Å². The van der Waals surface area contributed by atoms with E-state index in [1.165, 1.54) is 7.11 Å². The fourth-order valence-electron chi connectivity index (χ4n) is 1.87. The molecule has 112 valence electrons. The number of hydrogen-bond acceptors (Lipinski definition) is 6. The second-order valence-corrected chi connectivity index (χ2v) is 5.51. The molecule has 0 aliphatic heterocycles. The van der Waals surface area contributed by atoms with E-state index in [1.54, 1.807) is 35.6 Å². The quantitative estimate of drug-likeness (QED) is 0.537. The molecule has 0 radical (unpaired) electrons. The lowest BCUT2D eigenvalue weighted by Gasteiger charge is -2.05. The summed E-state index contributed by atoms with van der Waals surface area (Å²) in [5.41, 5.74) is 0.980. The second kappa shape index (κ2) is 6.44. The molecule has 0 aliphatic carbocycles. The molecule has 0 amide bonds. The molecule has 0 fully saturated rings. The maximum absolute atomic E-state index is 11.0. The summed E-state index contributed by atoms with van der Waals surface area (Å²) >= 11 is 1.61. The van der Waals surface area contributed by atoms with E-state index in [0.29, 0.717) is 18.1 Å². The third-order valence-electron chi connectivity index (χ3n) is 2.89. The second-order valence-electron chi connectivity index (χ2n) is 4.39. The van der Waals surface area contributed by atoms with Crippen LogP contribution < -0.4 is 9.47 Å². The molecule has 0 saturated heterocycles. The molecule has 1 aromatic heterocycles. The lowest BCUT2D eigenvalue weighted by Crippen LogP contribution is -2.07. The Hall–Kier alpha value is -2.60. The molecule has 0 atom stereocenters. The van der Waals surface area contributed by atoms with Gasteiger partial charge in [-0.25, -0.2) is 9.78 Å². The van der Waals surface area contributed by atoms with E-state index in [4.69, 9.17) is 9.47 Å². The minimum Gasteiger partial charge on any atom is -0.486 e. The average molecular weight is 315 g/mol. The minimum absolute atomic E-state index is 0.399. The molecular weight excluding hydrogens is 302 g/mol. The number of fused-ring (bicyclic) bond motifs is 1. The van der Waals surface area contributed by atoms with Crippen LogP contribution in [0.1, 0.15) is 5.01 Å². The number of nitrogens with zero attached hydrogens (tertiary/aromatic N) is 1. The van der Waals surface area contributed by atoms with Gasteiger partial charge in [0.25, 0.3) is 0 Å². The predicted octanol–water partition coefficient (Wildman–Crippen LogP) is 4.02. The van der Waals surface area contributed by atoms with Gasteiger partial charge in [-0.15, -0.1) is 11.3 Å². The van der Waals surface area contributed by atoms with Crippen LogP contribution in [0.4, 0.5) is 4.79 Å². The standard InChI is InChI=1S/C16H13NO4S/c1-19-16(18)21-12-8-6-11(7-9-12)20-10-15-17-13-4-2-3-5-14(13)22-15/h2-9H,10H2,1H3. The Morgan fingerprint density at radius 3 is 2.55 bits per heavy atom. The monoisotopic (exact) mass is 315 g/mol. The molecule has 0 spiro atoms. The smallest absolute Gasteiger partial charge is 0.486 e. The van der Waals surface area contributed by atoms with Crippen molar-refractivity contribution in [2.45, 2.75) is 6.61 Å². The van der Waals surface area contributed by atoms with E-state index >= 15 is 0 Å². The van der Waals surface area contributed by atoms with Gasteiger partial charge in [-0.3, -0.25) is 0 Å². The maximum atomic E-state index is 11.0. The van der Waals surface area contributed by atoms with Gasteiger partial charge in [-0.1, -0.05) is 12.1 Å². The van der Waals surface area contributed by atoms with Crippen LogP contribution in [0.25, 0.3) is 10.2 Å². The van der Waals surface area contributed by atoms with Crippen LogP contribution in [-0.2, 0) is 11.3 Å². The van der Waals surface area contributed by atoms with Crippen LogP contribution in [0.15, 0.2) is 48.5 Å². The van der Waals surface area contributed by atoms with Crippen molar-refractivity contribution in [1.29, 1.82) is 0 Å². The summed E-state index contributed by atoms with van der Waals surface area (Å²) in [6, 6.07) is 14.7. The Labute approximate surface area is 131 Å². The van der Waals surface area contributed by atoms with Gasteiger partial charge in [0.2, 0.25) is 0 Å². The molecule has 0 saturated carbocycles. The molecule has 1 heterocycles. The van der Waals surface area contributed by atoms with Gasteiger partial charge >= 0.3 is 6.16 Å². The van der Waals surface area contributed by atoms with Crippen molar-refractivity contribution in [3.63, 3.8) is 0 Å². The molecule has 3 aromatic rings. The van der Waals surface area contributed by atoms with Crippen molar-refractivity contribution in [3.8, 4) is 11.5 Å². The van der Waals surface area contributed by atoms with Gasteiger partial charge in [-0.05, 0) is 36.4 Å². The molecule has 5 nitrogen and oxygen atoms in total. The van der Waals surface area contributed by atoms with Crippen LogP contribution in [0.5, 0.6) is 11.5 Å². The van der Waals surface area contributed by atoms with Gasteiger partial charge in [-0.2, -0.15) is 0 Å². The molecule has 0 aliphatic rings. The van der Waals surface area contributed by atoms with Gasteiger partial charge in [0.1, 0.15) is 23.1 Å². The maximum Gasteiger partial charge on any atom is 0.513 e. The summed E-state index contributed by atoms with van der Waals surface area (Å²) in [6.07, 6.45) is -0.747. The predicted molar refractivity (Wildman–Crippen MR) is 83.4 cm³/mol. The topological polar surface area (TPSA) is 57.7 Å². The number of carbonyl (C=O) groups is 1. The summed E-state index contributed by atoms with van der Waals surface area (Å²) in [5, 5.41) is 0.913. The average Bonchev–Trinajstić information content (AvgIpc) is 2.97. The number of rotatable bonds is 4. The lowest BCUT2D eigenvalue weighted by atomic mass is 10.3. The zero-order valence-electron chi connectivity index (χ0n) is 11.8. The zero-order valence-corrected chi connectivity index (χ0v) is 12.6. The number of methoxy groups -OCH3 is 1. The Morgan fingerprint density at radius 1 is 1.09 bits per heavy atom. The Balaban J connectivity index is 1.62. The summed E-state index contributed by atoms with van der Waals surface area (Å²) in [7, 11) is 1.26. The van der Waals surface area contributed by atoms with Crippen LogP contribution in [0.3, 0.4) is 0 Å². The fraction of sp³-hybridized carbons (Fsp3) is 0.125. The van der Waals surface area contributed by atoms with Crippen LogP contribution in [0.2, 0.25) is 0 Å². The third-order valence-corrected chi connectivity index (χ3v) is 3.90. The fourth-order valence-corrected chi connectivity index (χ4v) is 2.75. The summed E-state index contributed by atoms with van der Waals surface area (Å²) < 4.78 is 16.1. The largest absolute Gasteiger partial charge is 0.513 e. The highest BCUT2D eigenvalue weighted by Gasteiger charge is 2.06. The zero-order chi connectivity index (χ0) is 15.4. The molecule has 0 unspecified atom stereocenters. The Morgan fingerprint density at radius 2 is 1.82 bits per heavy atom. The molecule has 0 bridgehead atoms. The summed E-state index contributed by atoms with van der Waals surface area (Å²) in [4.78, 5) is 15.5. The first-order valence-electron chi connectivity index (χ1n) is 6.58. The highest BCUT2D eigenvalue weighted by atomic mass is 32.1. The Bertz CT molecular complexity index is 749. The molecule has 22 heavy (non-hydrogen) atoms. The van der Waals surface area contributed by atoms with Crippen molar-refractivity contribution in [2.75, 3.05) is 7.11 Å². The first kappa shape index (κ1) is 14.3. The SMILES string of the molecule is COC(=O)Oc1ccc(OCc2nc3ccccc3s2)cc1. The molecule has 0 N–H and O–H groups in total. The number of para-hydroxylation sites is 1. The number of hydrogen-bond donors (Lipinski definition) is 0. The van der Waals surface area contributed by atoms with E-state index in [-0.39, 0.29) is 0 Å². The van der Waals surface area contributed by atoms with E-state index in [0.717, 1.165) is 15.2 Å². The number of thiazole rings is 1. The summed E-state index contributed by atoms with van der Waals surface area (Å²) in [5.74, 6) is 1.08. The van der Waals surface area contributed by atoms with Gasteiger partial charge in [0.05, 0.1) is 17.3 Å². The number of ether oxygens (including phenoxy) is 3. The molecule has 3 rings (SSSR count).